The van der Waals surface area contributed by atoms with Crippen LogP contribution in [0.4, 0.5) is 11.4 Å². The first-order valence-electron chi connectivity index (χ1n) is 4.73. The molecule has 0 spiro atoms. The molecule has 4 nitrogen and oxygen atoms in total. The van der Waals surface area contributed by atoms with Crippen molar-refractivity contribution in [1.82, 2.24) is 0 Å². The largest absolute Gasteiger partial charge is 0.488 e. The molecule has 1 amide bonds. The van der Waals surface area contributed by atoms with E-state index in [-0.39, 0.29) is 29.1 Å². The molecule has 1 aromatic carbocycles. The first-order valence-corrected chi connectivity index (χ1v) is 5.48. The normalized spacial score (nSPS) is 19.4. The molecule has 2 rings (SSSR count). The highest BCUT2D eigenvalue weighted by Gasteiger charge is 2.23. The second-order valence-corrected chi connectivity index (χ2v) is 4.43. The maximum Gasteiger partial charge on any atom is 0.228 e. The third-order valence-corrected chi connectivity index (χ3v) is 2.99. The van der Waals surface area contributed by atoms with Gasteiger partial charge in [-0.1, -0.05) is 23.2 Å². The zero-order chi connectivity index (χ0) is 11.9. The molecule has 0 saturated heterocycles. The third-order valence-electron chi connectivity index (χ3n) is 2.28. The van der Waals surface area contributed by atoms with E-state index in [1.807, 2.05) is 0 Å². The third kappa shape index (κ3) is 1.90. The van der Waals surface area contributed by atoms with Crippen molar-refractivity contribution in [1.29, 1.82) is 0 Å². The second-order valence-electron chi connectivity index (χ2n) is 3.64. The van der Waals surface area contributed by atoms with Crippen molar-refractivity contribution < 1.29 is 9.53 Å². The molecule has 1 aliphatic rings. The van der Waals surface area contributed by atoms with Gasteiger partial charge in [0.25, 0.3) is 0 Å². The Bertz CT molecular complexity index is 463. The van der Waals surface area contributed by atoms with E-state index in [0.717, 1.165) is 0 Å². The molecule has 0 bridgehead atoms. The highest BCUT2D eigenvalue weighted by atomic mass is 35.5. The number of ether oxygens (including phenoxy) is 1. The van der Waals surface area contributed by atoms with Gasteiger partial charge in [0, 0.05) is 6.07 Å². The van der Waals surface area contributed by atoms with Gasteiger partial charge in [0.2, 0.25) is 5.91 Å². The number of halogens is 2. The minimum Gasteiger partial charge on any atom is -0.488 e. The van der Waals surface area contributed by atoms with E-state index in [2.05, 4.69) is 5.32 Å². The Morgan fingerprint density at radius 2 is 2.25 bits per heavy atom. The molecule has 1 heterocycles. The smallest absolute Gasteiger partial charge is 0.228 e. The Morgan fingerprint density at radius 3 is 2.94 bits per heavy atom. The average molecular weight is 261 g/mol. The van der Waals surface area contributed by atoms with Gasteiger partial charge in [-0.3, -0.25) is 4.79 Å². The number of carbonyl (C=O) groups excluding carboxylic acids is 1. The molecule has 6 heteroatoms. The van der Waals surface area contributed by atoms with E-state index in [0.29, 0.717) is 16.5 Å². The number of hydrogen-bond donors (Lipinski definition) is 2. The van der Waals surface area contributed by atoms with Gasteiger partial charge >= 0.3 is 0 Å². The van der Waals surface area contributed by atoms with E-state index < -0.39 is 0 Å². The van der Waals surface area contributed by atoms with Gasteiger partial charge in [-0.2, -0.15) is 0 Å². The van der Waals surface area contributed by atoms with Crippen molar-refractivity contribution in [2.75, 3.05) is 11.1 Å². The number of benzene rings is 1. The maximum atomic E-state index is 11.5. The zero-order valence-electron chi connectivity index (χ0n) is 8.51. The molecule has 1 atom stereocenters. The summed E-state index contributed by atoms with van der Waals surface area (Å²) < 4.78 is 5.54. The van der Waals surface area contributed by atoms with Crippen LogP contribution in [0.3, 0.4) is 0 Å². The minimum atomic E-state index is -0.225. The topological polar surface area (TPSA) is 64.4 Å². The molecule has 0 saturated carbocycles. The lowest BCUT2D eigenvalue weighted by Crippen LogP contribution is -2.17. The van der Waals surface area contributed by atoms with Crippen LogP contribution < -0.4 is 15.8 Å². The van der Waals surface area contributed by atoms with E-state index in [1.54, 1.807) is 13.0 Å². The van der Waals surface area contributed by atoms with Gasteiger partial charge in [0.15, 0.2) is 0 Å². The Kier molecular flexibility index (Phi) is 2.86. The average Bonchev–Trinajstić information content (AvgIpc) is 2.33. The van der Waals surface area contributed by atoms with Crippen LogP contribution in [0, 0.1) is 0 Å². The predicted molar refractivity (Wildman–Crippen MR) is 64.2 cm³/mol. The number of carbonyl (C=O) groups is 1. The quantitative estimate of drug-likeness (QED) is 0.705. The summed E-state index contributed by atoms with van der Waals surface area (Å²) in [5.74, 6) is 0.289. The number of hydrogen-bond acceptors (Lipinski definition) is 3. The molecule has 86 valence electrons. The number of fused-ring (bicyclic) bond motifs is 1. The molecule has 3 N–H and O–H groups in total. The Hall–Kier alpha value is -1.13. The van der Waals surface area contributed by atoms with Crippen molar-refractivity contribution in [3.63, 3.8) is 0 Å². The molecule has 1 unspecified atom stereocenters. The summed E-state index contributed by atoms with van der Waals surface area (Å²) in [7, 11) is 0. The maximum absolute atomic E-state index is 11.5. The number of nitrogens with one attached hydrogen (secondary N) is 1. The molecule has 0 aromatic heterocycles. The molecular formula is C10H10Cl2N2O2. The highest BCUT2D eigenvalue weighted by Crippen LogP contribution is 2.43. The van der Waals surface area contributed by atoms with Gasteiger partial charge in [-0.25, -0.2) is 0 Å². The fourth-order valence-corrected chi connectivity index (χ4v) is 2.02. The summed E-state index contributed by atoms with van der Waals surface area (Å²) in [6.45, 7) is 1.80. The summed E-state index contributed by atoms with van der Waals surface area (Å²) in [6.07, 6.45) is 0.0414. The zero-order valence-corrected chi connectivity index (χ0v) is 10.0. The van der Waals surface area contributed by atoms with E-state index in [4.69, 9.17) is 33.7 Å². The summed E-state index contributed by atoms with van der Waals surface area (Å²) in [5.41, 5.74) is 6.29. The lowest BCUT2D eigenvalue weighted by molar-refractivity contribution is -0.117. The molecule has 1 aliphatic heterocycles. The first kappa shape index (κ1) is 11.4. The Labute approximate surface area is 103 Å². The van der Waals surface area contributed by atoms with Crippen LogP contribution in [-0.4, -0.2) is 12.0 Å². The van der Waals surface area contributed by atoms with Crippen molar-refractivity contribution in [2.24, 2.45) is 0 Å². The number of anilines is 2. The predicted octanol–water partition coefficient (Wildman–Crippen LogP) is 2.69. The Balaban J connectivity index is 2.57. The number of rotatable bonds is 0. The van der Waals surface area contributed by atoms with E-state index in [9.17, 15) is 4.79 Å². The molecule has 0 aliphatic carbocycles. The molecule has 0 fully saturated rings. The fraction of sp³-hybridized carbons (Fsp3) is 0.300. The van der Waals surface area contributed by atoms with Crippen molar-refractivity contribution >= 4 is 40.5 Å². The molecule has 0 radical (unpaired) electrons. The van der Waals surface area contributed by atoms with Crippen molar-refractivity contribution in [2.45, 2.75) is 19.4 Å². The number of nitrogen functional groups attached to an aromatic ring is 1. The van der Waals surface area contributed by atoms with Gasteiger partial charge in [-0.15, -0.1) is 0 Å². The first-order chi connectivity index (χ1) is 7.49. The van der Waals surface area contributed by atoms with Crippen molar-refractivity contribution in [3.05, 3.63) is 16.1 Å². The summed E-state index contributed by atoms with van der Waals surface area (Å²) in [5, 5.41) is 3.18. The standard InChI is InChI=1S/C10H10Cl2N2O2/c1-4-2-7(15)14-10-6(16-4)3-5(11)9(13)8(10)12/h3-4H,2,13H2,1H3,(H,14,15). The summed E-state index contributed by atoms with van der Waals surface area (Å²) >= 11 is 11.9. The van der Waals surface area contributed by atoms with Gasteiger partial charge in [0.1, 0.15) is 17.5 Å². The number of amides is 1. The molecule has 1 aromatic rings. The van der Waals surface area contributed by atoms with Crippen LogP contribution in [0.2, 0.25) is 10.0 Å². The number of nitrogens with two attached hydrogens (primary N) is 1. The van der Waals surface area contributed by atoms with Gasteiger partial charge in [0.05, 0.1) is 22.2 Å². The minimum absolute atomic E-state index is 0.158. The van der Waals surface area contributed by atoms with Crippen LogP contribution >= 0.6 is 23.2 Å². The van der Waals surface area contributed by atoms with Crippen LogP contribution in [-0.2, 0) is 4.79 Å². The fourth-order valence-electron chi connectivity index (χ4n) is 1.53. The van der Waals surface area contributed by atoms with Crippen LogP contribution in [0.1, 0.15) is 13.3 Å². The Morgan fingerprint density at radius 1 is 1.56 bits per heavy atom. The van der Waals surface area contributed by atoms with Gasteiger partial charge in [-0.05, 0) is 6.92 Å². The van der Waals surface area contributed by atoms with Crippen LogP contribution in [0.25, 0.3) is 0 Å². The van der Waals surface area contributed by atoms with Gasteiger partial charge < -0.3 is 15.8 Å². The highest BCUT2D eigenvalue weighted by molar-refractivity contribution is 6.41. The lowest BCUT2D eigenvalue weighted by atomic mass is 10.2. The van der Waals surface area contributed by atoms with Crippen LogP contribution in [0.5, 0.6) is 5.75 Å². The monoisotopic (exact) mass is 260 g/mol. The lowest BCUT2D eigenvalue weighted by Gasteiger charge is -2.14. The molecular weight excluding hydrogens is 251 g/mol. The second kappa shape index (κ2) is 4.03. The van der Waals surface area contributed by atoms with Crippen molar-refractivity contribution in [3.8, 4) is 5.75 Å². The van der Waals surface area contributed by atoms with Crippen LogP contribution in [0.15, 0.2) is 6.07 Å². The van der Waals surface area contributed by atoms with E-state index in [1.165, 1.54) is 0 Å². The SMILES string of the molecule is CC1CC(=O)Nc2c(cc(Cl)c(N)c2Cl)O1. The summed E-state index contributed by atoms with van der Waals surface area (Å²) in [4.78, 5) is 11.5. The van der Waals surface area contributed by atoms with E-state index >= 15 is 0 Å². The summed E-state index contributed by atoms with van der Waals surface area (Å²) in [6, 6.07) is 1.56. The molecule has 16 heavy (non-hydrogen) atoms.